The Kier molecular flexibility index (Phi) is 3.92. The molecule has 0 saturated carbocycles. The third kappa shape index (κ3) is 3.33. The minimum atomic E-state index is -0.293. The van der Waals surface area contributed by atoms with E-state index in [1.165, 1.54) is 0 Å². The second kappa shape index (κ2) is 5.31. The van der Waals surface area contributed by atoms with Crippen molar-refractivity contribution in [3.8, 4) is 0 Å². The minimum Gasteiger partial charge on any atom is -0.369 e. The SMILES string of the molecule is CC1CN(C(=O)c2cccc(CN)c2)CC(C)(C)O1. The molecule has 1 saturated heterocycles. The number of nitrogens with zero attached hydrogens (tertiary/aromatic N) is 1. The van der Waals surface area contributed by atoms with E-state index in [9.17, 15) is 4.79 Å². The Labute approximate surface area is 114 Å². The van der Waals surface area contributed by atoms with Crippen molar-refractivity contribution in [3.05, 3.63) is 35.4 Å². The standard InChI is InChI=1S/C15H22N2O2/c1-11-9-17(10-15(2,3)19-11)14(18)13-6-4-5-12(7-13)8-16/h4-7,11H,8-10,16H2,1-3H3. The third-order valence-corrected chi connectivity index (χ3v) is 3.27. The van der Waals surface area contributed by atoms with E-state index in [1.807, 2.05) is 49.9 Å². The van der Waals surface area contributed by atoms with E-state index in [4.69, 9.17) is 10.5 Å². The highest BCUT2D eigenvalue weighted by atomic mass is 16.5. The fourth-order valence-electron chi connectivity index (χ4n) is 2.62. The Morgan fingerprint density at radius 2 is 2.26 bits per heavy atom. The molecule has 2 N–H and O–H groups in total. The van der Waals surface area contributed by atoms with Crippen LogP contribution in [0.3, 0.4) is 0 Å². The highest BCUT2D eigenvalue weighted by Gasteiger charge is 2.33. The number of rotatable bonds is 2. The summed E-state index contributed by atoms with van der Waals surface area (Å²) in [6.07, 6.45) is 0.0605. The maximum Gasteiger partial charge on any atom is 0.254 e. The van der Waals surface area contributed by atoms with Crippen molar-refractivity contribution in [1.82, 2.24) is 4.90 Å². The van der Waals surface area contributed by atoms with Gasteiger partial charge in [-0.25, -0.2) is 0 Å². The first-order chi connectivity index (χ1) is 8.91. The molecule has 104 valence electrons. The summed E-state index contributed by atoms with van der Waals surface area (Å²) in [6.45, 7) is 7.72. The first kappa shape index (κ1) is 14.0. The Balaban J connectivity index is 2.18. The number of hydrogen-bond donors (Lipinski definition) is 1. The van der Waals surface area contributed by atoms with Gasteiger partial charge >= 0.3 is 0 Å². The van der Waals surface area contributed by atoms with Gasteiger partial charge in [0.1, 0.15) is 0 Å². The third-order valence-electron chi connectivity index (χ3n) is 3.27. The van der Waals surface area contributed by atoms with Gasteiger partial charge in [0.05, 0.1) is 11.7 Å². The Morgan fingerprint density at radius 1 is 1.53 bits per heavy atom. The molecule has 1 heterocycles. The smallest absolute Gasteiger partial charge is 0.254 e. The van der Waals surface area contributed by atoms with Gasteiger partial charge in [0.25, 0.3) is 5.91 Å². The highest BCUT2D eigenvalue weighted by molar-refractivity contribution is 5.94. The number of carbonyl (C=O) groups excluding carboxylic acids is 1. The topological polar surface area (TPSA) is 55.6 Å². The van der Waals surface area contributed by atoms with Crippen LogP contribution in [0.25, 0.3) is 0 Å². The van der Waals surface area contributed by atoms with E-state index in [2.05, 4.69) is 0 Å². The first-order valence-corrected chi connectivity index (χ1v) is 6.67. The van der Waals surface area contributed by atoms with Crippen molar-refractivity contribution < 1.29 is 9.53 Å². The fraction of sp³-hybridized carbons (Fsp3) is 0.533. The summed E-state index contributed by atoms with van der Waals surface area (Å²) in [4.78, 5) is 14.4. The molecular formula is C15H22N2O2. The summed E-state index contributed by atoms with van der Waals surface area (Å²) in [5, 5.41) is 0. The number of hydrogen-bond acceptors (Lipinski definition) is 3. The molecule has 19 heavy (non-hydrogen) atoms. The second-order valence-corrected chi connectivity index (χ2v) is 5.78. The van der Waals surface area contributed by atoms with Gasteiger partial charge in [-0.15, -0.1) is 0 Å². The minimum absolute atomic E-state index is 0.0542. The zero-order chi connectivity index (χ0) is 14.0. The average Bonchev–Trinajstić information content (AvgIpc) is 2.35. The highest BCUT2D eigenvalue weighted by Crippen LogP contribution is 2.22. The van der Waals surface area contributed by atoms with Crippen LogP contribution in [0.5, 0.6) is 0 Å². The molecule has 0 radical (unpaired) electrons. The molecule has 0 aromatic heterocycles. The van der Waals surface area contributed by atoms with Gasteiger partial charge < -0.3 is 15.4 Å². The molecule has 1 amide bonds. The maximum absolute atomic E-state index is 12.5. The Bertz CT molecular complexity index is 471. The first-order valence-electron chi connectivity index (χ1n) is 6.67. The van der Waals surface area contributed by atoms with Gasteiger partial charge in [-0.3, -0.25) is 4.79 Å². The lowest BCUT2D eigenvalue weighted by Crippen LogP contribution is -2.53. The normalized spacial score (nSPS) is 22.3. The molecule has 1 aliphatic heterocycles. The summed E-state index contributed by atoms with van der Waals surface area (Å²) in [7, 11) is 0. The van der Waals surface area contributed by atoms with Crippen LogP contribution < -0.4 is 5.73 Å². The van der Waals surface area contributed by atoms with Gasteiger partial charge in [0.2, 0.25) is 0 Å². The van der Waals surface area contributed by atoms with Gasteiger partial charge in [0.15, 0.2) is 0 Å². The lowest BCUT2D eigenvalue weighted by Gasteiger charge is -2.41. The maximum atomic E-state index is 12.5. The van der Waals surface area contributed by atoms with Crippen LogP contribution in [-0.2, 0) is 11.3 Å². The van der Waals surface area contributed by atoms with Crippen molar-refractivity contribution in [2.24, 2.45) is 5.73 Å². The van der Waals surface area contributed by atoms with Crippen molar-refractivity contribution in [1.29, 1.82) is 0 Å². The summed E-state index contributed by atoms with van der Waals surface area (Å²) in [5.74, 6) is 0.0542. The molecule has 1 atom stereocenters. The number of carbonyl (C=O) groups is 1. The lowest BCUT2D eigenvalue weighted by atomic mass is 10.0. The van der Waals surface area contributed by atoms with Crippen LogP contribution in [0.4, 0.5) is 0 Å². The zero-order valence-electron chi connectivity index (χ0n) is 11.8. The predicted molar refractivity (Wildman–Crippen MR) is 74.9 cm³/mol. The molecule has 4 heteroatoms. The van der Waals surface area contributed by atoms with Gasteiger partial charge in [-0.1, -0.05) is 12.1 Å². The van der Waals surface area contributed by atoms with E-state index in [0.29, 0.717) is 25.2 Å². The molecule has 0 bridgehead atoms. The molecular weight excluding hydrogens is 240 g/mol. The molecule has 1 aromatic carbocycles. The quantitative estimate of drug-likeness (QED) is 0.884. The van der Waals surface area contributed by atoms with E-state index in [-0.39, 0.29) is 17.6 Å². The van der Waals surface area contributed by atoms with Crippen molar-refractivity contribution in [3.63, 3.8) is 0 Å². The molecule has 0 aliphatic carbocycles. The number of benzene rings is 1. The molecule has 4 nitrogen and oxygen atoms in total. The van der Waals surface area contributed by atoms with Gasteiger partial charge in [-0.2, -0.15) is 0 Å². The van der Waals surface area contributed by atoms with E-state index in [1.54, 1.807) is 0 Å². The molecule has 0 spiro atoms. The van der Waals surface area contributed by atoms with Gasteiger partial charge in [0, 0.05) is 25.2 Å². The van der Waals surface area contributed by atoms with Crippen molar-refractivity contribution in [2.45, 2.75) is 39.0 Å². The summed E-state index contributed by atoms with van der Waals surface area (Å²) in [5.41, 5.74) is 7.00. The molecule has 1 aliphatic rings. The lowest BCUT2D eigenvalue weighted by molar-refractivity contribution is -0.118. The molecule has 2 rings (SSSR count). The van der Waals surface area contributed by atoms with Crippen molar-refractivity contribution in [2.75, 3.05) is 13.1 Å². The largest absolute Gasteiger partial charge is 0.369 e. The van der Waals surface area contributed by atoms with E-state index in [0.717, 1.165) is 5.56 Å². The Morgan fingerprint density at radius 3 is 2.89 bits per heavy atom. The fourth-order valence-corrected chi connectivity index (χ4v) is 2.62. The van der Waals surface area contributed by atoms with Gasteiger partial charge in [-0.05, 0) is 38.5 Å². The second-order valence-electron chi connectivity index (χ2n) is 5.78. The average molecular weight is 262 g/mol. The molecule has 1 fully saturated rings. The van der Waals surface area contributed by atoms with E-state index < -0.39 is 0 Å². The number of nitrogens with two attached hydrogens (primary N) is 1. The molecule has 1 unspecified atom stereocenters. The van der Waals surface area contributed by atoms with Crippen LogP contribution >= 0.6 is 0 Å². The van der Waals surface area contributed by atoms with Crippen LogP contribution in [0.2, 0.25) is 0 Å². The Hall–Kier alpha value is -1.39. The summed E-state index contributed by atoms with van der Waals surface area (Å²) in [6, 6.07) is 7.52. The summed E-state index contributed by atoms with van der Waals surface area (Å²) >= 11 is 0. The van der Waals surface area contributed by atoms with Crippen LogP contribution in [0.1, 0.15) is 36.7 Å². The van der Waals surface area contributed by atoms with Crippen molar-refractivity contribution >= 4 is 5.91 Å². The molecule has 1 aromatic rings. The zero-order valence-corrected chi connectivity index (χ0v) is 11.8. The number of ether oxygens (including phenoxy) is 1. The van der Waals surface area contributed by atoms with Crippen LogP contribution in [-0.4, -0.2) is 35.6 Å². The predicted octanol–water partition coefficient (Wildman–Crippen LogP) is 1.78. The number of morpholine rings is 1. The van der Waals surface area contributed by atoms with E-state index >= 15 is 0 Å². The van der Waals surface area contributed by atoms with Crippen LogP contribution in [0, 0.1) is 0 Å². The van der Waals surface area contributed by atoms with Crippen LogP contribution in [0.15, 0.2) is 24.3 Å². The summed E-state index contributed by atoms with van der Waals surface area (Å²) < 4.78 is 5.82. The monoisotopic (exact) mass is 262 g/mol. The number of amides is 1.